The van der Waals surface area contributed by atoms with Gasteiger partial charge in [0, 0.05) is 12.4 Å². The van der Waals surface area contributed by atoms with E-state index in [-0.39, 0.29) is 5.82 Å². The van der Waals surface area contributed by atoms with Crippen LogP contribution in [0.25, 0.3) is 0 Å². The van der Waals surface area contributed by atoms with Crippen LogP contribution in [0.5, 0.6) is 0 Å². The van der Waals surface area contributed by atoms with Crippen molar-refractivity contribution in [2.45, 2.75) is 27.7 Å². The highest BCUT2D eigenvalue weighted by atomic mass is 19.1. The molecule has 0 fully saturated rings. The van der Waals surface area contributed by atoms with Crippen LogP contribution in [0, 0.1) is 33.5 Å². The summed E-state index contributed by atoms with van der Waals surface area (Å²) in [5.41, 5.74) is 2.79. The number of rotatable bonds is 0. The van der Waals surface area contributed by atoms with Crippen LogP contribution in [-0.4, -0.2) is 9.97 Å². The van der Waals surface area contributed by atoms with Crippen LogP contribution < -0.4 is 0 Å². The number of halogens is 1. The van der Waals surface area contributed by atoms with Gasteiger partial charge >= 0.3 is 0 Å². The molecule has 0 spiro atoms. The molecule has 0 radical (unpaired) electrons. The third-order valence-corrected chi connectivity index (χ3v) is 2.24. The zero-order valence-electron chi connectivity index (χ0n) is 10.7. The van der Waals surface area contributed by atoms with Crippen LogP contribution in [0.4, 0.5) is 4.39 Å². The first kappa shape index (κ1) is 13.3. The van der Waals surface area contributed by atoms with E-state index < -0.39 is 0 Å². The average molecular weight is 232 g/mol. The van der Waals surface area contributed by atoms with Gasteiger partial charge in [-0.1, -0.05) is 12.1 Å². The molecule has 0 atom stereocenters. The number of aromatic nitrogens is 2. The topological polar surface area (TPSA) is 25.8 Å². The van der Waals surface area contributed by atoms with E-state index in [2.05, 4.69) is 9.97 Å². The van der Waals surface area contributed by atoms with E-state index in [4.69, 9.17) is 0 Å². The second-order valence-electron chi connectivity index (χ2n) is 4.06. The molecule has 0 bridgehead atoms. The van der Waals surface area contributed by atoms with Crippen LogP contribution in [0.15, 0.2) is 30.6 Å². The Kier molecular flexibility index (Phi) is 4.76. The van der Waals surface area contributed by atoms with Gasteiger partial charge in [-0.25, -0.2) is 14.4 Å². The van der Waals surface area contributed by atoms with Gasteiger partial charge in [-0.15, -0.1) is 0 Å². The second kappa shape index (κ2) is 6.09. The number of aryl methyl sites for hydroxylation is 4. The highest BCUT2D eigenvalue weighted by molar-refractivity contribution is 5.21. The third-order valence-electron chi connectivity index (χ3n) is 2.24. The van der Waals surface area contributed by atoms with Crippen LogP contribution in [0.3, 0.4) is 0 Å². The van der Waals surface area contributed by atoms with Crippen molar-refractivity contribution >= 4 is 0 Å². The monoisotopic (exact) mass is 232 g/mol. The van der Waals surface area contributed by atoms with E-state index in [1.807, 2.05) is 39.2 Å². The van der Waals surface area contributed by atoms with Gasteiger partial charge in [0.15, 0.2) is 0 Å². The largest absolute Gasteiger partial charge is 0.241 e. The lowest BCUT2D eigenvalue weighted by atomic mass is 10.2. The van der Waals surface area contributed by atoms with Crippen LogP contribution in [-0.2, 0) is 0 Å². The van der Waals surface area contributed by atoms with E-state index in [9.17, 15) is 4.39 Å². The van der Waals surface area contributed by atoms with Crippen molar-refractivity contribution in [3.8, 4) is 0 Å². The summed E-state index contributed by atoms with van der Waals surface area (Å²) >= 11 is 0. The van der Waals surface area contributed by atoms with Gasteiger partial charge in [0.2, 0.25) is 0 Å². The molecule has 1 aromatic heterocycles. The standard InChI is InChI=1S/C8H9F.C6H8N2/c1-6-3-4-7(2)8(9)5-6;1-5-3-7-6(2)8-4-5/h3-5H,1-2H3;3-4H,1-2H3. The Balaban J connectivity index is 0.000000171. The Labute approximate surface area is 102 Å². The normalized spacial score (nSPS) is 9.47. The Morgan fingerprint density at radius 2 is 1.47 bits per heavy atom. The van der Waals surface area contributed by atoms with Gasteiger partial charge in [-0.3, -0.25) is 0 Å². The zero-order chi connectivity index (χ0) is 12.8. The summed E-state index contributed by atoms with van der Waals surface area (Å²) < 4.78 is 12.6. The number of hydrogen-bond donors (Lipinski definition) is 0. The summed E-state index contributed by atoms with van der Waals surface area (Å²) in [6.45, 7) is 7.48. The van der Waals surface area contributed by atoms with Crippen molar-refractivity contribution in [2.24, 2.45) is 0 Å². The van der Waals surface area contributed by atoms with Crippen molar-refractivity contribution < 1.29 is 4.39 Å². The highest BCUT2D eigenvalue weighted by Gasteiger charge is 1.93. The minimum atomic E-state index is -0.116. The minimum Gasteiger partial charge on any atom is -0.241 e. The molecule has 2 aromatic rings. The van der Waals surface area contributed by atoms with Crippen LogP contribution >= 0.6 is 0 Å². The first-order chi connectivity index (χ1) is 7.99. The second-order valence-corrected chi connectivity index (χ2v) is 4.06. The zero-order valence-corrected chi connectivity index (χ0v) is 10.7. The molecule has 1 aromatic carbocycles. The van der Waals surface area contributed by atoms with E-state index in [0.29, 0.717) is 5.56 Å². The first-order valence-corrected chi connectivity index (χ1v) is 5.47. The lowest BCUT2D eigenvalue weighted by Crippen LogP contribution is -1.84. The number of hydrogen-bond acceptors (Lipinski definition) is 2. The van der Waals surface area contributed by atoms with E-state index in [1.165, 1.54) is 6.07 Å². The fourth-order valence-electron chi connectivity index (χ4n) is 1.16. The minimum absolute atomic E-state index is 0.116. The van der Waals surface area contributed by atoms with Crippen molar-refractivity contribution in [3.05, 3.63) is 58.9 Å². The molecular formula is C14H17FN2. The van der Waals surface area contributed by atoms with E-state index >= 15 is 0 Å². The average Bonchev–Trinajstić information content (AvgIpc) is 2.29. The van der Waals surface area contributed by atoms with Gasteiger partial charge in [0.05, 0.1) is 0 Å². The Morgan fingerprint density at radius 3 is 1.88 bits per heavy atom. The third kappa shape index (κ3) is 4.72. The maximum Gasteiger partial charge on any atom is 0.126 e. The van der Waals surface area contributed by atoms with Crippen LogP contribution in [0.2, 0.25) is 0 Å². The van der Waals surface area contributed by atoms with Gasteiger partial charge < -0.3 is 0 Å². The molecule has 0 saturated carbocycles. The molecule has 0 amide bonds. The molecule has 0 saturated heterocycles. The molecule has 0 aliphatic carbocycles. The summed E-state index contributed by atoms with van der Waals surface area (Å²) in [5.74, 6) is 0.714. The molecule has 2 nitrogen and oxygen atoms in total. The quantitative estimate of drug-likeness (QED) is 0.694. The molecule has 0 aliphatic heterocycles. The highest BCUT2D eigenvalue weighted by Crippen LogP contribution is 2.06. The molecule has 17 heavy (non-hydrogen) atoms. The SMILES string of the molecule is Cc1ccc(C)c(F)c1.Cc1cnc(C)nc1. The predicted molar refractivity (Wildman–Crippen MR) is 67.4 cm³/mol. The van der Waals surface area contributed by atoms with Crippen LogP contribution in [0.1, 0.15) is 22.5 Å². The predicted octanol–water partition coefficient (Wildman–Crippen LogP) is 3.54. The maximum atomic E-state index is 12.6. The summed E-state index contributed by atoms with van der Waals surface area (Å²) in [4.78, 5) is 7.94. The Bertz CT molecular complexity index is 457. The molecule has 0 N–H and O–H groups in total. The molecule has 2 rings (SSSR count). The summed E-state index contributed by atoms with van der Waals surface area (Å²) in [5, 5.41) is 0. The number of nitrogens with zero attached hydrogens (tertiary/aromatic N) is 2. The van der Waals surface area contributed by atoms with Gasteiger partial charge in [-0.05, 0) is 50.5 Å². The molecule has 0 unspecified atom stereocenters. The fraction of sp³-hybridized carbons (Fsp3) is 0.286. The molecule has 0 aliphatic rings. The summed E-state index contributed by atoms with van der Waals surface area (Å²) in [6, 6.07) is 5.22. The maximum absolute atomic E-state index is 12.6. The Hall–Kier alpha value is -1.77. The molecular weight excluding hydrogens is 215 g/mol. The number of benzene rings is 1. The first-order valence-electron chi connectivity index (χ1n) is 5.47. The van der Waals surface area contributed by atoms with Crippen molar-refractivity contribution in [1.29, 1.82) is 0 Å². The lowest BCUT2D eigenvalue weighted by molar-refractivity contribution is 0.617. The van der Waals surface area contributed by atoms with Gasteiger partial charge in [0.25, 0.3) is 0 Å². The molecule has 1 heterocycles. The fourth-order valence-corrected chi connectivity index (χ4v) is 1.16. The van der Waals surface area contributed by atoms with Crippen molar-refractivity contribution in [3.63, 3.8) is 0 Å². The van der Waals surface area contributed by atoms with Crippen molar-refractivity contribution in [1.82, 2.24) is 9.97 Å². The van der Waals surface area contributed by atoms with E-state index in [0.717, 1.165) is 17.0 Å². The molecule has 90 valence electrons. The lowest BCUT2D eigenvalue weighted by Gasteiger charge is -1.94. The van der Waals surface area contributed by atoms with Crippen molar-refractivity contribution in [2.75, 3.05) is 0 Å². The van der Waals surface area contributed by atoms with Gasteiger partial charge in [-0.2, -0.15) is 0 Å². The van der Waals surface area contributed by atoms with E-state index in [1.54, 1.807) is 13.0 Å². The molecule has 3 heteroatoms. The van der Waals surface area contributed by atoms with Gasteiger partial charge in [0.1, 0.15) is 11.6 Å². The summed E-state index contributed by atoms with van der Waals surface area (Å²) in [6.07, 6.45) is 3.62. The summed E-state index contributed by atoms with van der Waals surface area (Å²) in [7, 11) is 0. The smallest absolute Gasteiger partial charge is 0.126 e. The Morgan fingerprint density at radius 1 is 0.882 bits per heavy atom.